The van der Waals surface area contributed by atoms with Gasteiger partial charge in [0, 0.05) is 38.3 Å². The second-order valence-corrected chi connectivity index (χ2v) is 8.28. The summed E-state index contributed by atoms with van der Waals surface area (Å²) in [6, 6.07) is 13.0. The fraction of sp³-hybridized carbons (Fsp3) is 0.417. The average molecular weight is 439 g/mol. The highest BCUT2D eigenvalue weighted by Crippen LogP contribution is 2.36. The van der Waals surface area contributed by atoms with Gasteiger partial charge in [-0.3, -0.25) is 14.5 Å². The number of aliphatic hydroxyl groups excluding tert-OH is 2. The Morgan fingerprint density at radius 2 is 1.72 bits per heavy atom. The number of hydrogen-bond acceptors (Lipinski definition) is 7. The number of hydrogen-bond donors (Lipinski definition) is 3. The molecule has 0 aromatic heterocycles. The number of carbonyl (C=O) groups excluding carboxylic acids is 2. The van der Waals surface area contributed by atoms with Crippen LogP contribution in [0.4, 0.5) is 0 Å². The average Bonchev–Trinajstić information content (AvgIpc) is 2.75. The monoisotopic (exact) mass is 439 g/mol. The van der Waals surface area contributed by atoms with Crippen LogP contribution in [0.25, 0.3) is 0 Å². The summed E-state index contributed by atoms with van der Waals surface area (Å²) in [5.41, 5.74) is 3.21. The minimum Gasteiger partial charge on any atom is -0.535 e. The van der Waals surface area contributed by atoms with Crippen molar-refractivity contribution in [3.63, 3.8) is 0 Å². The number of para-hydroxylation sites is 1. The molecule has 1 atom stereocenters. The smallest absolute Gasteiger partial charge is 0.526 e. The number of Topliss-reactive ketones (excluding diaryl/α,β-unsaturated/α-hetero) is 2. The SMILES string of the molecule is CC(=O)c1cccc2c1OB(O)[C@@H](CC(=O)Cc1ccc(CN(CCO)CCO)cc1)C2. The number of benzene rings is 2. The maximum atomic E-state index is 12.7. The van der Waals surface area contributed by atoms with Crippen molar-refractivity contribution in [1.29, 1.82) is 0 Å². The molecule has 0 spiro atoms. The molecule has 32 heavy (non-hydrogen) atoms. The first-order chi connectivity index (χ1) is 15.4. The quantitative estimate of drug-likeness (QED) is 0.361. The van der Waals surface area contributed by atoms with E-state index < -0.39 is 7.12 Å². The summed E-state index contributed by atoms with van der Waals surface area (Å²) in [7, 11) is -1.13. The summed E-state index contributed by atoms with van der Waals surface area (Å²) in [6.07, 6.45) is 0.933. The predicted octanol–water partition coefficient (Wildman–Crippen LogP) is 1.66. The molecule has 0 saturated heterocycles. The lowest BCUT2D eigenvalue weighted by molar-refractivity contribution is -0.118. The lowest BCUT2D eigenvalue weighted by atomic mass is 9.64. The Balaban J connectivity index is 1.57. The Kier molecular flexibility index (Phi) is 8.58. The van der Waals surface area contributed by atoms with Gasteiger partial charge in [-0.1, -0.05) is 36.4 Å². The summed E-state index contributed by atoms with van der Waals surface area (Å²) in [5.74, 6) is -0.0492. The molecule has 0 aliphatic carbocycles. The Morgan fingerprint density at radius 1 is 1.06 bits per heavy atom. The maximum Gasteiger partial charge on any atom is 0.526 e. The van der Waals surface area contributed by atoms with Gasteiger partial charge in [0.2, 0.25) is 0 Å². The standard InChI is InChI=1S/C24H30BNO6/c1-17(29)23-4-2-3-20-14-21(25(31)32-24(20)23)15-22(30)13-18-5-7-19(8-6-18)16-26(9-11-27)10-12-28/h2-8,21,27-28,31H,9-16H2,1H3/t21-/m1/s1. The maximum absolute atomic E-state index is 12.7. The number of ketones is 2. The van der Waals surface area contributed by atoms with Gasteiger partial charge in [-0.15, -0.1) is 0 Å². The Bertz CT molecular complexity index is 927. The molecule has 7 nitrogen and oxygen atoms in total. The van der Waals surface area contributed by atoms with Crippen molar-refractivity contribution in [3.05, 3.63) is 64.7 Å². The third-order valence-electron chi connectivity index (χ3n) is 5.75. The van der Waals surface area contributed by atoms with E-state index in [9.17, 15) is 14.6 Å². The van der Waals surface area contributed by atoms with Crippen LogP contribution in [0, 0.1) is 0 Å². The van der Waals surface area contributed by atoms with Gasteiger partial charge >= 0.3 is 7.12 Å². The van der Waals surface area contributed by atoms with Crippen LogP contribution >= 0.6 is 0 Å². The van der Waals surface area contributed by atoms with E-state index in [0.717, 1.165) is 16.7 Å². The molecule has 2 aromatic rings. The van der Waals surface area contributed by atoms with Crippen LogP contribution in [0.5, 0.6) is 5.75 Å². The van der Waals surface area contributed by atoms with Crippen molar-refractivity contribution in [2.24, 2.45) is 0 Å². The van der Waals surface area contributed by atoms with E-state index in [2.05, 4.69) is 0 Å². The van der Waals surface area contributed by atoms with Crippen molar-refractivity contribution >= 4 is 18.7 Å². The van der Waals surface area contributed by atoms with E-state index in [4.69, 9.17) is 14.9 Å². The van der Waals surface area contributed by atoms with Crippen LogP contribution < -0.4 is 4.65 Å². The Morgan fingerprint density at radius 3 is 2.34 bits per heavy atom. The first-order valence-electron chi connectivity index (χ1n) is 10.9. The van der Waals surface area contributed by atoms with Crippen LogP contribution in [0.2, 0.25) is 5.82 Å². The predicted molar refractivity (Wildman–Crippen MR) is 122 cm³/mol. The van der Waals surface area contributed by atoms with Crippen molar-refractivity contribution in [2.45, 2.75) is 38.5 Å². The second kappa shape index (κ2) is 11.4. The molecule has 0 fully saturated rings. The highest BCUT2D eigenvalue weighted by molar-refractivity contribution is 6.47. The Labute approximate surface area is 188 Å². The molecule has 0 saturated carbocycles. The fourth-order valence-corrected chi connectivity index (χ4v) is 4.10. The largest absolute Gasteiger partial charge is 0.535 e. The van der Waals surface area contributed by atoms with Gasteiger partial charge in [-0.25, -0.2) is 0 Å². The van der Waals surface area contributed by atoms with Gasteiger partial charge < -0.3 is 19.9 Å². The number of rotatable bonds is 11. The van der Waals surface area contributed by atoms with Crippen LogP contribution in [-0.4, -0.2) is 65.1 Å². The number of aliphatic hydroxyl groups is 2. The lowest BCUT2D eigenvalue weighted by Gasteiger charge is -2.28. The molecule has 1 aliphatic heterocycles. The molecule has 3 rings (SSSR count). The summed E-state index contributed by atoms with van der Waals surface area (Å²) in [4.78, 5) is 26.4. The second-order valence-electron chi connectivity index (χ2n) is 8.28. The normalized spacial score (nSPS) is 15.4. The molecule has 0 unspecified atom stereocenters. The molecule has 3 N–H and O–H groups in total. The van der Waals surface area contributed by atoms with Crippen LogP contribution in [0.3, 0.4) is 0 Å². The number of fused-ring (bicyclic) bond motifs is 1. The fourth-order valence-electron chi connectivity index (χ4n) is 4.10. The van der Waals surface area contributed by atoms with Crippen LogP contribution in [0.15, 0.2) is 42.5 Å². The summed E-state index contributed by atoms with van der Waals surface area (Å²) >= 11 is 0. The van der Waals surface area contributed by atoms with Gasteiger partial charge in [0.1, 0.15) is 11.5 Å². The number of nitrogens with zero attached hydrogens (tertiary/aromatic N) is 1. The van der Waals surface area contributed by atoms with Crippen molar-refractivity contribution in [1.82, 2.24) is 4.90 Å². The summed E-state index contributed by atoms with van der Waals surface area (Å²) < 4.78 is 5.62. The third-order valence-corrected chi connectivity index (χ3v) is 5.75. The van der Waals surface area contributed by atoms with Crippen molar-refractivity contribution in [3.8, 4) is 5.75 Å². The topological polar surface area (TPSA) is 107 Å². The van der Waals surface area contributed by atoms with Crippen LogP contribution in [-0.2, 0) is 24.2 Å². The zero-order valence-corrected chi connectivity index (χ0v) is 18.4. The molecule has 170 valence electrons. The van der Waals surface area contributed by atoms with E-state index in [1.54, 1.807) is 12.1 Å². The van der Waals surface area contributed by atoms with E-state index in [1.807, 2.05) is 35.2 Å². The Hall–Kier alpha value is -2.52. The minimum atomic E-state index is -1.13. The lowest BCUT2D eigenvalue weighted by Crippen LogP contribution is -2.36. The highest BCUT2D eigenvalue weighted by Gasteiger charge is 2.37. The molecular weight excluding hydrogens is 409 g/mol. The van der Waals surface area contributed by atoms with Crippen molar-refractivity contribution < 1.29 is 29.5 Å². The zero-order chi connectivity index (χ0) is 23.1. The van der Waals surface area contributed by atoms with E-state index in [0.29, 0.717) is 37.4 Å². The molecule has 2 aromatic carbocycles. The molecule has 1 aliphatic rings. The third kappa shape index (κ3) is 6.26. The van der Waals surface area contributed by atoms with E-state index in [-0.39, 0.29) is 43.4 Å². The summed E-state index contributed by atoms with van der Waals surface area (Å²) in [5, 5.41) is 28.7. The van der Waals surface area contributed by atoms with Crippen LogP contribution in [0.1, 0.15) is 40.4 Å². The highest BCUT2D eigenvalue weighted by atomic mass is 16.5. The van der Waals surface area contributed by atoms with Crippen molar-refractivity contribution in [2.75, 3.05) is 26.3 Å². The molecule has 0 amide bonds. The molecule has 0 bridgehead atoms. The van der Waals surface area contributed by atoms with E-state index in [1.165, 1.54) is 6.92 Å². The van der Waals surface area contributed by atoms with Gasteiger partial charge in [0.25, 0.3) is 0 Å². The zero-order valence-electron chi connectivity index (χ0n) is 18.4. The summed E-state index contributed by atoms with van der Waals surface area (Å²) in [6.45, 7) is 3.12. The van der Waals surface area contributed by atoms with Gasteiger partial charge in [0.05, 0.1) is 18.8 Å². The first-order valence-corrected chi connectivity index (χ1v) is 10.9. The first kappa shape index (κ1) is 24.1. The molecule has 8 heteroatoms. The van der Waals surface area contributed by atoms with Gasteiger partial charge in [-0.2, -0.15) is 0 Å². The molecular formula is C24H30BNO6. The van der Waals surface area contributed by atoms with Gasteiger partial charge in [0.15, 0.2) is 5.78 Å². The molecule has 1 heterocycles. The van der Waals surface area contributed by atoms with E-state index >= 15 is 0 Å². The number of carbonyl (C=O) groups is 2. The molecule has 0 radical (unpaired) electrons. The van der Waals surface area contributed by atoms with Gasteiger partial charge in [-0.05, 0) is 36.1 Å². The minimum absolute atomic E-state index is 0.0127.